The number of methoxy groups -OCH3 is 1. The molecule has 2 N–H and O–H groups in total. The Morgan fingerprint density at radius 1 is 0.788 bits per heavy atom. The number of β-amino-alcohol motifs (C(OH)–C–C–N with tert-alkyl or cyclic N) is 1. The first-order valence-electron chi connectivity index (χ1n) is 31.0. The van der Waals surface area contributed by atoms with Gasteiger partial charge in [-0.05, 0) is 80.7 Å². The van der Waals surface area contributed by atoms with E-state index in [2.05, 4.69) is 53.2 Å². The molecule has 3 saturated heterocycles. The quantitative estimate of drug-likeness (QED) is 0.0447. The van der Waals surface area contributed by atoms with Crippen LogP contribution in [0.4, 0.5) is 5.69 Å². The van der Waals surface area contributed by atoms with E-state index in [0.29, 0.717) is 54.0 Å². The summed E-state index contributed by atoms with van der Waals surface area (Å²) in [5.41, 5.74) is 7.04. The molecule has 0 unspecified atom stereocenters. The first-order valence-corrected chi connectivity index (χ1v) is 33.4. The highest BCUT2D eigenvalue weighted by molar-refractivity contribution is 7.92. The zero-order valence-electron chi connectivity index (χ0n) is 51.3. The summed E-state index contributed by atoms with van der Waals surface area (Å²) in [6.07, 6.45) is 14.1. The van der Waals surface area contributed by atoms with E-state index < -0.39 is 38.6 Å². The number of benzene rings is 3. The number of likely N-dealkylation sites (tertiary alicyclic amines) is 1. The lowest BCUT2D eigenvalue weighted by atomic mass is 9.76. The van der Waals surface area contributed by atoms with Crippen LogP contribution >= 0.6 is 11.3 Å². The normalized spacial score (nSPS) is 17.6. The van der Waals surface area contributed by atoms with Crippen LogP contribution in [0.1, 0.15) is 165 Å². The Balaban J connectivity index is 0.662. The monoisotopic (exact) mass is 1200 g/mol. The molecule has 5 heterocycles. The largest absolute Gasteiger partial charge is 0.496 e. The fraction of sp³-hybridized carbons (Fsp3) is 0.576. The number of aliphatic hydroxyl groups excluding tert-OH is 1. The lowest BCUT2D eigenvalue weighted by Gasteiger charge is -2.43. The molecule has 3 aromatic carbocycles. The van der Waals surface area contributed by atoms with Crippen LogP contribution in [0.3, 0.4) is 0 Å². The number of nitrogens with zero attached hydrogens (tertiary/aromatic N) is 8. The van der Waals surface area contributed by atoms with Crippen LogP contribution < -0.4 is 15.0 Å². The highest BCUT2D eigenvalue weighted by Gasteiger charge is 2.44. The minimum atomic E-state index is -3.47. The van der Waals surface area contributed by atoms with Crippen LogP contribution in [0, 0.1) is 18.3 Å². The molecule has 0 spiro atoms. The van der Waals surface area contributed by atoms with Gasteiger partial charge < -0.3 is 29.9 Å². The van der Waals surface area contributed by atoms with Gasteiger partial charge in [-0.3, -0.25) is 24.1 Å². The molecule has 85 heavy (non-hydrogen) atoms. The summed E-state index contributed by atoms with van der Waals surface area (Å²) in [5, 5.41) is 13.1. The number of carbonyl (C=O) groups is 4. The molecule has 0 saturated carbocycles. The van der Waals surface area contributed by atoms with Crippen molar-refractivity contribution in [1.82, 2.24) is 40.0 Å². The number of carbonyl (C=O) groups excluding carboxylic acids is 4. The zero-order valence-corrected chi connectivity index (χ0v) is 52.9. The predicted octanol–water partition coefficient (Wildman–Crippen LogP) is 9.98. The molecule has 2 aromatic heterocycles. The molecule has 0 aliphatic carbocycles. The van der Waals surface area contributed by atoms with Crippen molar-refractivity contribution in [3.8, 4) is 16.2 Å². The average Bonchev–Trinajstić information content (AvgIpc) is 3.27. The first-order chi connectivity index (χ1) is 40.8. The van der Waals surface area contributed by atoms with Gasteiger partial charge >= 0.3 is 0 Å². The number of ketones is 1. The van der Waals surface area contributed by atoms with E-state index in [9.17, 15) is 32.7 Å². The molecular weight excluding hydrogens is 1110 g/mol. The second-order valence-electron chi connectivity index (χ2n) is 24.9. The Hall–Kier alpha value is -6.15. The number of piperidine rings is 1. The van der Waals surface area contributed by atoms with Crippen molar-refractivity contribution in [2.75, 3.05) is 57.8 Å². The number of aromatic nitrogens is 4. The van der Waals surface area contributed by atoms with Crippen LogP contribution in [0.2, 0.25) is 0 Å². The summed E-state index contributed by atoms with van der Waals surface area (Å²) >= 11 is 1.59. The van der Waals surface area contributed by atoms with Gasteiger partial charge in [0.05, 0.1) is 39.4 Å². The van der Waals surface area contributed by atoms with Crippen molar-refractivity contribution in [3.05, 3.63) is 113 Å². The zero-order chi connectivity index (χ0) is 60.7. The average molecular weight is 1200 g/mol. The Bertz CT molecular complexity index is 3130. The third-order valence-electron chi connectivity index (χ3n) is 17.5. The number of amides is 3. The highest BCUT2D eigenvalue weighted by atomic mass is 32.2. The number of ether oxygens (including phenoxy) is 1. The number of sulfone groups is 1. The number of aliphatic hydroxyl groups is 1. The van der Waals surface area contributed by atoms with Crippen LogP contribution in [0.5, 0.6) is 5.75 Å². The molecule has 8 rings (SSSR count). The SMILES string of the molecule is COc1cc(N2CCC(N3CCN(C(=O)CCCCCCCCCCCC(=O)C[C@H](C(=O)N4C[C@H](O)C[C@H]4C(=O)NCc4ccc(-c5scnc5C)cc4)C(C)(C)C)CC3)CC2)ccc1Cc1ncnc(Cc2ccccc2S(=O)(=O)C(C)C)n1. The number of unbranched alkanes of at least 4 members (excludes halogenated alkanes) is 8. The smallest absolute Gasteiger partial charge is 0.243 e. The standard InChI is InChI=1S/C66H91N9O8S2/c1-46(2)85(81,82)59-21-18-17-19-51(59)38-61-69-44-68-60(71-61)37-50-27-28-53(39-58(50)83-7)72-31-29-52(30-32-72)73-33-35-74(36-34-73)62(78)22-16-14-12-10-8-9-11-13-15-20-54(76)40-56(66(4,5)6)65(80)75-43-55(77)41-57(75)64(79)67-42-48-23-25-49(26-24-48)63-47(3)70-45-84-63/h17-19,21,23-28,39,44-46,52,55-57,77H,8-16,20,22,29-38,40-43H2,1-7H3,(H,67,79)/t55-,56-,57+/m1/s1. The van der Waals surface area contributed by atoms with Crippen molar-refractivity contribution in [1.29, 1.82) is 0 Å². The van der Waals surface area contributed by atoms with E-state index in [1.54, 1.807) is 44.4 Å². The molecule has 3 amide bonds. The summed E-state index contributed by atoms with van der Waals surface area (Å²) in [5.74, 6) is 1.05. The van der Waals surface area contributed by atoms with E-state index in [-0.39, 0.29) is 49.3 Å². The summed E-state index contributed by atoms with van der Waals surface area (Å²) in [6, 6.07) is 21.0. The topological polar surface area (TPSA) is 208 Å². The maximum absolute atomic E-state index is 14.1. The predicted molar refractivity (Wildman–Crippen MR) is 334 cm³/mol. The van der Waals surface area contributed by atoms with Gasteiger partial charge in [0.2, 0.25) is 17.7 Å². The van der Waals surface area contributed by atoms with E-state index >= 15 is 0 Å². The van der Waals surface area contributed by atoms with Gasteiger partial charge in [0.25, 0.3) is 0 Å². The molecular formula is C66H91N9O8S2. The number of nitrogens with one attached hydrogen (secondary N) is 1. The molecule has 3 aliphatic heterocycles. The minimum absolute atomic E-state index is 0.0636. The molecule has 0 radical (unpaired) electrons. The van der Waals surface area contributed by atoms with Crippen molar-refractivity contribution in [2.45, 2.75) is 186 Å². The van der Waals surface area contributed by atoms with Crippen molar-refractivity contribution in [3.63, 3.8) is 0 Å². The van der Waals surface area contributed by atoms with Gasteiger partial charge in [0.1, 0.15) is 35.6 Å². The van der Waals surface area contributed by atoms with Crippen molar-refractivity contribution >= 4 is 50.4 Å². The van der Waals surface area contributed by atoms with Crippen LogP contribution in [0.15, 0.2) is 83.5 Å². The summed E-state index contributed by atoms with van der Waals surface area (Å²) in [4.78, 5) is 82.1. The number of anilines is 1. The van der Waals surface area contributed by atoms with Crippen LogP contribution in [-0.4, -0.2) is 148 Å². The summed E-state index contributed by atoms with van der Waals surface area (Å²) < 4.78 is 32.0. The number of piperazine rings is 1. The number of aryl methyl sites for hydroxylation is 1. The second-order valence-corrected chi connectivity index (χ2v) is 28.3. The highest BCUT2D eigenvalue weighted by Crippen LogP contribution is 2.35. The number of rotatable bonds is 28. The van der Waals surface area contributed by atoms with Gasteiger partial charge in [-0.1, -0.05) is 114 Å². The Labute approximate surface area is 508 Å². The van der Waals surface area contributed by atoms with Crippen molar-refractivity contribution < 1.29 is 37.4 Å². The Kier molecular flexibility index (Phi) is 23.2. The van der Waals surface area contributed by atoms with Crippen LogP contribution in [0.25, 0.3) is 10.4 Å². The van der Waals surface area contributed by atoms with Crippen molar-refractivity contribution in [2.24, 2.45) is 11.3 Å². The fourth-order valence-corrected chi connectivity index (χ4v) is 14.3. The molecule has 0 bridgehead atoms. The van der Waals surface area contributed by atoms with E-state index in [4.69, 9.17) is 9.72 Å². The van der Waals surface area contributed by atoms with Gasteiger partial charge in [0, 0.05) is 120 Å². The Morgan fingerprint density at radius 2 is 1.42 bits per heavy atom. The molecule has 3 aliphatic rings. The van der Waals surface area contributed by atoms with Crippen LogP contribution in [-0.2, 0) is 48.4 Å². The third kappa shape index (κ3) is 17.7. The summed E-state index contributed by atoms with van der Waals surface area (Å²) in [7, 11) is -1.79. The summed E-state index contributed by atoms with van der Waals surface area (Å²) in [6.45, 7) is 16.9. The molecule has 3 atom stereocenters. The number of hydrogen-bond acceptors (Lipinski definition) is 15. The number of thiazole rings is 1. The van der Waals surface area contributed by atoms with Gasteiger partial charge in [0.15, 0.2) is 9.84 Å². The lowest BCUT2D eigenvalue weighted by molar-refractivity contribution is -0.146. The second kappa shape index (κ2) is 30.5. The lowest BCUT2D eigenvalue weighted by Crippen LogP contribution is -2.54. The minimum Gasteiger partial charge on any atom is -0.496 e. The first kappa shape index (κ1) is 64.8. The van der Waals surface area contributed by atoms with E-state index in [1.165, 1.54) is 11.2 Å². The number of hydrogen-bond donors (Lipinski definition) is 2. The van der Waals surface area contributed by atoms with Gasteiger partial charge in [-0.25, -0.2) is 28.4 Å². The molecule has 3 fully saturated rings. The van der Waals surface area contributed by atoms with Gasteiger partial charge in [-0.15, -0.1) is 11.3 Å². The number of Topliss-reactive ketones (excluding diaryl/α,β-unsaturated/α-hetero) is 1. The molecule has 5 aromatic rings. The molecule has 460 valence electrons. The van der Waals surface area contributed by atoms with Gasteiger partial charge in [-0.2, -0.15) is 0 Å². The Morgan fingerprint density at radius 3 is 2.05 bits per heavy atom. The molecule has 19 heteroatoms. The maximum Gasteiger partial charge on any atom is 0.243 e. The molecule has 17 nitrogen and oxygen atoms in total. The third-order valence-corrected chi connectivity index (χ3v) is 20.7. The van der Waals surface area contributed by atoms with E-state index in [1.807, 2.05) is 69.6 Å². The fourth-order valence-electron chi connectivity index (χ4n) is 12.2. The van der Waals surface area contributed by atoms with E-state index in [0.717, 1.165) is 149 Å². The maximum atomic E-state index is 14.1.